The number of carbonyl (C=O) groups is 2. The average molecular weight is 325 g/mol. The van der Waals surface area contributed by atoms with E-state index in [9.17, 15) is 9.59 Å². The Morgan fingerprint density at radius 1 is 1.35 bits per heavy atom. The minimum Gasteiger partial charge on any atom is -0.464 e. The van der Waals surface area contributed by atoms with Gasteiger partial charge in [0.05, 0.1) is 13.7 Å². The summed E-state index contributed by atoms with van der Waals surface area (Å²) in [6, 6.07) is -0.175. The lowest BCUT2D eigenvalue weighted by Gasteiger charge is -2.27. The summed E-state index contributed by atoms with van der Waals surface area (Å²) >= 11 is 0. The molecule has 130 valence electrons. The monoisotopic (exact) mass is 325 g/mol. The zero-order valence-electron chi connectivity index (χ0n) is 14.6. The number of ether oxygens (including phenoxy) is 1. The number of oxazole rings is 1. The van der Waals surface area contributed by atoms with Gasteiger partial charge in [0.1, 0.15) is 6.26 Å². The molecule has 0 atom stereocenters. The van der Waals surface area contributed by atoms with Gasteiger partial charge in [-0.1, -0.05) is 19.8 Å². The van der Waals surface area contributed by atoms with E-state index in [0.29, 0.717) is 12.4 Å². The highest BCUT2D eigenvalue weighted by atomic mass is 16.5. The average Bonchev–Trinajstić information content (AvgIpc) is 2.92. The van der Waals surface area contributed by atoms with Crippen molar-refractivity contribution in [3.8, 4) is 0 Å². The molecule has 2 amide bonds. The molecule has 7 heteroatoms. The van der Waals surface area contributed by atoms with Crippen LogP contribution in [0.1, 0.15) is 63.3 Å². The van der Waals surface area contributed by atoms with E-state index in [0.717, 1.165) is 19.3 Å². The highest BCUT2D eigenvalue weighted by molar-refractivity contribution is 5.86. The number of rotatable bonds is 7. The number of methoxy groups -OCH3 is 1. The molecule has 1 aromatic rings. The summed E-state index contributed by atoms with van der Waals surface area (Å²) in [5.74, 6) is -0.248. The van der Waals surface area contributed by atoms with Crippen LogP contribution in [0, 0.1) is 0 Å². The van der Waals surface area contributed by atoms with Crippen LogP contribution in [0.4, 0.5) is 4.79 Å². The van der Waals surface area contributed by atoms with Crippen molar-refractivity contribution in [3.63, 3.8) is 0 Å². The van der Waals surface area contributed by atoms with Gasteiger partial charge in [-0.25, -0.2) is 14.6 Å². The predicted molar refractivity (Wildman–Crippen MR) is 86.1 cm³/mol. The zero-order chi connectivity index (χ0) is 17.5. The van der Waals surface area contributed by atoms with E-state index in [1.54, 1.807) is 4.90 Å². The SMILES string of the molecule is CCCCCN(Cc1nc(C(=O)OC)co1)C(=O)NC(C)(C)C. The molecule has 1 N–H and O–H groups in total. The van der Waals surface area contributed by atoms with E-state index >= 15 is 0 Å². The van der Waals surface area contributed by atoms with E-state index in [-0.39, 0.29) is 23.8 Å². The fraction of sp³-hybridized carbons (Fsp3) is 0.688. The Bertz CT molecular complexity index is 520. The largest absolute Gasteiger partial charge is 0.464 e. The van der Waals surface area contributed by atoms with Gasteiger partial charge in [-0.15, -0.1) is 0 Å². The first-order valence-electron chi connectivity index (χ1n) is 7.86. The number of unbranched alkanes of at least 4 members (excludes halogenated alkanes) is 2. The maximum absolute atomic E-state index is 12.4. The Labute approximate surface area is 137 Å². The lowest BCUT2D eigenvalue weighted by molar-refractivity contribution is 0.0594. The van der Waals surface area contributed by atoms with Gasteiger partial charge in [-0.05, 0) is 27.2 Å². The number of esters is 1. The second-order valence-electron chi connectivity index (χ2n) is 6.43. The number of hydrogen-bond donors (Lipinski definition) is 1. The molecule has 0 saturated carbocycles. The fourth-order valence-corrected chi connectivity index (χ4v) is 1.95. The van der Waals surface area contributed by atoms with Gasteiger partial charge in [-0.2, -0.15) is 0 Å². The Morgan fingerprint density at radius 3 is 2.61 bits per heavy atom. The van der Waals surface area contributed by atoms with Crippen molar-refractivity contribution in [1.82, 2.24) is 15.2 Å². The van der Waals surface area contributed by atoms with Crippen LogP contribution in [-0.2, 0) is 11.3 Å². The topological polar surface area (TPSA) is 84.7 Å². The van der Waals surface area contributed by atoms with E-state index in [2.05, 4.69) is 22.0 Å². The summed E-state index contributed by atoms with van der Waals surface area (Å²) < 4.78 is 9.86. The molecule has 0 unspecified atom stereocenters. The van der Waals surface area contributed by atoms with Crippen molar-refractivity contribution in [2.45, 2.75) is 59.0 Å². The first-order valence-corrected chi connectivity index (χ1v) is 7.86. The summed E-state index contributed by atoms with van der Waals surface area (Å²) in [6.07, 6.45) is 4.25. The van der Waals surface area contributed by atoms with Gasteiger partial charge in [0.25, 0.3) is 0 Å². The van der Waals surface area contributed by atoms with Gasteiger partial charge < -0.3 is 19.4 Å². The minimum atomic E-state index is -0.559. The summed E-state index contributed by atoms with van der Waals surface area (Å²) in [4.78, 5) is 29.5. The van der Waals surface area contributed by atoms with Gasteiger partial charge >= 0.3 is 12.0 Å². The van der Waals surface area contributed by atoms with Gasteiger partial charge in [0, 0.05) is 12.1 Å². The molecule has 0 saturated heterocycles. The van der Waals surface area contributed by atoms with Crippen LogP contribution >= 0.6 is 0 Å². The summed E-state index contributed by atoms with van der Waals surface area (Å²) in [5.41, 5.74) is -0.222. The molecule has 0 radical (unpaired) electrons. The van der Waals surface area contributed by atoms with E-state index in [4.69, 9.17) is 4.42 Å². The highest BCUT2D eigenvalue weighted by Crippen LogP contribution is 2.10. The highest BCUT2D eigenvalue weighted by Gasteiger charge is 2.22. The molecule has 0 aliphatic carbocycles. The van der Waals surface area contributed by atoms with Gasteiger partial charge in [0.15, 0.2) is 5.69 Å². The van der Waals surface area contributed by atoms with Crippen molar-refractivity contribution in [2.24, 2.45) is 0 Å². The number of hydrogen-bond acceptors (Lipinski definition) is 5. The second-order valence-corrected chi connectivity index (χ2v) is 6.43. The number of urea groups is 1. The molecule has 0 bridgehead atoms. The van der Waals surface area contributed by atoms with E-state index in [1.165, 1.54) is 13.4 Å². The van der Waals surface area contributed by atoms with Crippen LogP contribution in [0.15, 0.2) is 10.7 Å². The molecule has 7 nitrogen and oxygen atoms in total. The first-order chi connectivity index (χ1) is 10.8. The third-order valence-electron chi connectivity index (χ3n) is 3.07. The van der Waals surface area contributed by atoms with Crippen molar-refractivity contribution in [2.75, 3.05) is 13.7 Å². The number of nitrogens with zero attached hydrogens (tertiary/aromatic N) is 2. The van der Waals surface area contributed by atoms with Crippen LogP contribution in [0.5, 0.6) is 0 Å². The summed E-state index contributed by atoms with van der Waals surface area (Å²) in [7, 11) is 1.28. The second kappa shape index (κ2) is 8.55. The fourth-order valence-electron chi connectivity index (χ4n) is 1.95. The predicted octanol–water partition coefficient (Wildman–Crippen LogP) is 2.96. The van der Waals surface area contributed by atoms with Gasteiger partial charge in [0.2, 0.25) is 5.89 Å². The molecule has 1 aromatic heterocycles. The number of nitrogens with one attached hydrogen (secondary N) is 1. The molecular weight excluding hydrogens is 298 g/mol. The van der Waals surface area contributed by atoms with E-state index < -0.39 is 5.97 Å². The normalized spacial score (nSPS) is 11.2. The van der Waals surface area contributed by atoms with Crippen molar-refractivity contribution >= 4 is 12.0 Å². The smallest absolute Gasteiger partial charge is 0.360 e. The Kier molecular flexibility index (Phi) is 7.06. The third kappa shape index (κ3) is 6.71. The Morgan fingerprint density at radius 2 is 2.04 bits per heavy atom. The maximum atomic E-state index is 12.4. The molecule has 0 aliphatic rings. The van der Waals surface area contributed by atoms with Crippen LogP contribution < -0.4 is 5.32 Å². The quantitative estimate of drug-likeness (QED) is 0.615. The minimum absolute atomic E-state index is 0.104. The van der Waals surface area contributed by atoms with Crippen LogP contribution in [0.3, 0.4) is 0 Å². The molecule has 0 fully saturated rings. The number of aromatic nitrogens is 1. The number of amides is 2. The first kappa shape index (κ1) is 19.0. The van der Waals surface area contributed by atoms with Crippen LogP contribution in [0.2, 0.25) is 0 Å². The molecule has 0 spiro atoms. The lowest BCUT2D eigenvalue weighted by Crippen LogP contribution is -2.48. The molecule has 0 aliphatic heterocycles. The Balaban J connectivity index is 2.77. The molecule has 1 heterocycles. The van der Waals surface area contributed by atoms with Crippen LogP contribution in [-0.4, -0.2) is 41.1 Å². The number of carbonyl (C=O) groups excluding carboxylic acids is 2. The standard InChI is InChI=1S/C16H27N3O4/c1-6-7-8-9-19(15(21)18-16(2,3)4)10-13-17-12(11-23-13)14(20)22-5/h11H,6-10H2,1-5H3,(H,18,21). The van der Waals surface area contributed by atoms with Crippen LogP contribution in [0.25, 0.3) is 0 Å². The Hall–Kier alpha value is -2.05. The van der Waals surface area contributed by atoms with Gasteiger partial charge in [-0.3, -0.25) is 0 Å². The molecule has 0 aromatic carbocycles. The zero-order valence-corrected chi connectivity index (χ0v) is 14.6. The van der Waals surface area contributed by atoms with E-state index in [1.807, 2.05) is 20.8 Å². The molecule has 1 rings (SSSR count). The summed E-state index contributed by atoms with van der Waals surface area (Å²) in [5, 5.41) is 2.93. The molecular formula is C16H27N3O4. The lowest BCUT2D eigenvalue weighted by atomic mass is 10.1. The maximum Gasteiger partial charge on any atom is 0.360 e. The summed E-state index contributed by atoms with van der Waals surface area (Å²) in [6.45, 7) is 8.70. The third-order valence-corrected chi connectivity index (χ3v) is 3.07. The van der Waals surface area contributed by atoms with Crippen molar-refractivity contribution < 1.29 is 18.7 Å². The molecule has 23 heavy (non-hydrogen) atoms. The van der Waals surface area contributed by atoms with Crippen molar-refractivity contribution in [1.29, 1.82) is 0 Å². The van der Waals surface area contributed by atoms with Crippen molar-refractivity contribution in [3.05, 3.63) is 17.8 Å².